The van der Waals surface area contributed by atoms with Gasteiger partial charge < -0.3 is 10.3 Å². The molecular formula is C17H16FN3O3S. The second-order valence-corrected chi connectivity index (χ2v) is 7.23. The van der Waals surface area contributed by atoms with Gasteiger partial charge in [-0.25, -0.2) is 12.8 Å². The molecule has 1 amide bonds. The summed E-state index contributed by atoms with van der Waals surface area (Å²) in [5.74, 6) is -0.893. The quantitative estimate of drug-likeness (QED) is 0.667. The largest absolute Gasteiger partial charge is 0.354 e. The smallest absolute Gasteiger partial charge is 0.267 e. The number of benzene rings is 2. The summed E-state index contributed by atoms with van der Waals surface area (Å²) in [5.41, 5.74) is 1.83. The number of carbonyl (C=O) groups is 1. The number of hydrogen-bond acceptors (Lipinski definition) is 3. The number of aryl methyl sites for hydroxylation is 1. The Hall–Kier alpha value is -2.87. The SMILES string of the molecule is CNC(=O)c1cc2cc(NS(=O)(=O)c3cc(F)ccc3C)ccc2[nH]1. The molecule has 130 valence electrons. The van der Waals surface area contributed by atoms with Crippen molar-refractivity contribution in [2.24, 2.45) is 0 Å². The number of hydrogen-bond donors (Lipinski definition) is 3. The molecule has 0 saturated heterocycles. The van der Waals surface area contributed by atoms with Gasteiger partial charge in [-0.1, -0.05) is 6.07 Å². The lowest BCUT2D eigenvalue weighted by molar-refractivity contribution is 0.0959. The molecule has 3 aromatic rings. The van der Waals surface area contributed by atoms with Gasteiger partial charge in [-0.2, -0.15) is 0 Å². The molecule has 3 rings (SSSR count). The fourth-order valence-electron chi connectivity index (χ4n) is 2.53. The summed E-state index contributed by atoms with van der Waals surface area (Å²) in [5, 5.41) is 3.19. The van der Waals surface area contributed by atoms with Crippen LogP contribution in [0.3, 0.4) is 0 Å². The van der Waals surface area contributed by atoms with E-state index in [0.29, 0.717) is 27.8 Å². The first-order valence-electron chi connectivity index (χ1n) is 7.44. The molecule has 0 saturated carbocycles. The number of halogens is 1. The van der Waals surface area contributed by atoms with Gasteiger partial charge in [0.15, 0.2) is 0 Å². The molecule has 0 spiro atoms. The van der Waals surface area contributed by atoms with E-state index in [4.69, 9.17) is 0 Å². The summed E-state index contributed by atoms with van der Waals surface area (Å²) in [6.45, 7) is 1.60. The highest BCUT2D eigenvalue weighted by Crippen LogP contribution is 2.24. The van der Waals surface area contributed by atoms with Crippen LogP contribution in [0.2, 0.25) is 0 Å². The molecule has 2 aromatic carbocycles. The van der Waals surface area contributed by atoms with E-state index in [2.05, 4.69) is 15.0 Å². The highest BCUT2D eigenvalue weighted by atomic mass is 32.2. The highest BCUT2D eigenvalue weighted by Gasteiger charge is 2.18. The predicted molar refractivity (Wildman–Crippen MR) is 93.6 cm³/mol. The van der Waals surface area contributed by atoms with Gasteiger partial charge in [0, 0.05) is 23.6 Å². The maximum absolute atomic E-state index is 13.4. The number of amides is 1. The van der Waals surface area contributed by atoms with Crippen molar-refractivity contribution in [3.8, 4) is 0 Å². The number of sulfonamides is 1. The molecule has 0 aliphatic heterocycles. The Morgan fingerprint density at radius 1 is 1.12 bits per heavy atom. The number of aromatic nitrogens is 1. The number of rotatable bonds is 4. The van der Waals surface area contributed by atoms with E-state index in [9.17, 15) is 17.6 Å². The summed E-state index contributed by atoms with van der Waals surface area (Å²) >= 11 is 0. The van der Waals surface area contributed by atoms with Crippen molar-refractivity contribution in [2.45, 2.75) is 11.8 Å². The zero-order valence-corrected chi connectivity index (χ0v) is 14.4. The van der Waals surface area contributed by atoms with Gasteiger partial charge in [-0.3, -0.25) is 9.52 Å². The van der Waals surface area contributed by atoms with Crippen LogP contribution in [-0.2, 0) is 10.0 Å². The first-order valence-corrected chi connectivity index (χ1v) is 8.92. The molecule has 6 nitrogen and oxygen atoms in total. The maximum Gasteiger partial charge on any atom is 0.267 e. The third kappa shape index (κ3) is 3.34. The zero-order valence-electron chi connectivity index (χ0n) is 13.6. The molecule has 0 atom stereocenters. The molecule has 0 aliphatic carbocycles. The molecule has 0 unspecified atom stereocenters. The minimum Gasteiger partial charge on any atom is -0.354 e. The molecule has 0 fully saturated rings. The second kappa shape index (κ2) is 6.21. The van der Waals surface area contributed by atoms with Gasteiger partial charge in [-0.15, -0.1) is 0 Å². The van der Waals surface area contributed by atoms with Crippen molar-refractivity contribution >= 4 is 32.5 Å². The Kier molecular flexibility index (Phi) is 4.22. The minimum atomic E-state index is -3.93. The van der Waals surface area contributed by atoms with Crippen molar-refractivity contribution in [3.05, 3.63) is 59.5 Å². The van der Waals surface area contributed by atoms with E-state index in [1.54, 1.807) is 31.2 Å². The number of fused-ring (bicyclic) bond motifs is 1. The van der Waals surface area contributed by atoms with E-state index in [1.807, 2.05) is 0 Å². The number of H-pyrrole nitrogens is 1. The summed E-state index contributed by atoms with van der Waals surface area (Å²) in [4.78, 5) is 14.5. The summed E-state index contributed by atoms with van der Waals surface area (Å²) in [6, 6.07) is 10.1. The average Bonchev–Trinajstić information content (AvgIpc) is 2.99. The van der Waals surface area contributed by atoms with E-state index >= 15 is 0 Å². The predicted octanol–water partition coefficient (Wildman–Crippen LogP) is 2.78. The normalized spacial score (nSPS) is 11.5. The lowest BCUT2D eigenvalue weighted by Crippen LogP contribution is -2.17. The van der Waals surface area contributed by atoms with Crippen molar-refractivity contribution < 1.29 is 17.6 Å². The molecule has 8 heteroatoms. The van der Waals surface area contributed by atoms with Crippen molar-refractivity contribution in [1.29, 1.82) is 0 Å². The van der Waals surface area contributed by atoms with E-state index < -0.39 is 15.8 Å². The molecule has 0 radical (unpaired) electrons. The molecule has 0 bridgehead atoms. The highest BCUT2D eigenvalue weighted by molar-refractivity contribution is 7.92. The molecule has 3 N–H and O–H groups in total. The first kappa shape index (κ1) is 17.0. The fraction of sp³-hybridized carbons (Fsp3) is 0.118. The Morgan fingerprint density at radius 2 is 1.88 bits per heavy atom. The first-order chi connectivity index (χ1) is 11.8. The number of anilines is 1. The number of carbonyl (C=O) groups excluding carboxylic acids is 1. The third-order valence-corrected chi connectivity index (χ3v) is 5.31. The van der Waals surface area contributed by atoms with Crippen LogP contribution in [0, 0.1) is 12.7 Å². The van der Waals surface area contributed by atoms with Crippen molar-refractivity contribution in [1.82, 2.24) is 10.3 Å². The van der Waals surface area contributed by atoms with Gasteiger partial charge in [0.1, 0.15) is 11.5 Å². The third-order valence-electron chi connectivity index (χ3n) is 3.78. The van der Waals surface area contributed by atoms with Crippen molar-refractivity contribution in [2.75, 3.05) is 11.8 Å². The van der Waals surface area contributed by atoms with E-state index in [1.165, 1.54) is 19.2 Å². The molecule has 1 aromatic heterocycles. The molecule has 1 heterocycles. The fourth-order valence-corrected chi connectivity index (χ4v) is 3.83. The lowest BCUT2D eigenvalue weighted by atomic mass is 10.2. The monoisotopic (exact) mass is 361 g/mol. The van der Waals surface area contributed by atoms with Crippen LogP contribution in [0.4, 0.5) is 10.1 Å². The van der Waals surface area contributed by atoms with Gasteiger partial charge in [0.05, 0.1) is 4.90 Å². The van der Waals surface area contributed by atoms with Gasteiger partial charge in [0.25, 0.3) is 15.9 Å². The standard InChI is InChI=1S/C17H16FN3O3S/c1-10-3-4-12(18)9-16(10)25(23,24)21-13-5-6-14-11(7-13)8-15(20-14)17(22)19-2/h3-9,20-21H,1-2H3,(H,19,22). The van der Waals surface area contributed by atoms with Crippen LogP contribution in [-0.4, -0.2) is 26.4 Å². The van der Waals surface area contributed by atoms with Gasteiger partial charge >= 0.3 is 0 Å². The van der Waals surface area contributed by atoms with Crippen LogP contribution in [0.15, 0.2) is 47.4 Å². The Morgan fingerprint density at radius 3 is 2.60 bits per heavy atom. The van der Waals surface area contributed by atoms with Crippen LogP contribution >= 0.6 is 0 Å². The van der Waals surface area contributed by atoms with Gasteiger partial charge in [-0.05, 0) is 48.9 Å². The summed E-state index contributed by atoms with van der Waals surface area (Å²) in [7, 11) is -2.41. The molecular weight excluding hydrogens is 345 g/mol. The Labute approximate surface area is 144 Å². The number of nitrogens with one attached hydrogen (secondary N) is 3. The Bertz CT molecular complexity index is 1070. The summed E-state index contributed by atoms with van der Waals surface area (Å²) in [6.07, 6.45) is 0. The van der Waals surface area contributed by atoms with Crippen LogP contribution < -0.4 is 10.0 Å². The Balaban J connectivity index is 1.96. The second-order valence-electron chi connectivity index (χ2n) is 5.58. The number of aromatic amines is 1. The molecule has 0 aliphatic rings. The maximum atomic E-state index is 13.4. The average molecular weight is 361 g/mol. The zero-order chi connectivity index (χ0) is 18.2. The van der Waals surface area contributed by atoms with E-state index in [0.717, 1.165) is 6.07 Å². The van der Waals surface area contributed by atoms with Crippen LogP contribution in [0.25, 0.3) is 10.9 Å². The summed E-state index contributed by atoms with van der Waals surface area (Å²) < 4.78 is 40.9. The van der Waals surface area contributed by atoms with E-state index in [-0.39, 0.29) is 10.8 Å². The molecule has 25 heavy (non-hydrogen) atoms. The van der Waals surface area contributed by atoms with Gasteiger partial charge in [0.2, 0.25) is 0 Å². The van der Waals surface area contributed by atoms with Crippen molar-refractivity contribution in [3.63, 3.8) is 0 Å². The topological polar surface area (TPSA) is 91.1 Å². The van der Waals surface area contributed by atoms with Crippen LogP contribution in [0.1, 0.15) is 16.1 Å². The van der Waals surface area contributed by atoms with Crippen LogP contribution in [0.5, 0.6) is 0 Å². The lowest BCUT2D eigenvalue weighted by Gasteiger charge is -2.10. The minimum absolute atomic E-state index is 0.118.